The van der Waals surface area contributed by atoms with Gasteiger partial charge in [0, 0.05) is 18.4 Å². The lowest BCUT2D eigenvalue weighted by atomic mass is 9.47. The molecule has 2 aliphatic carbocycles. The second kappa shape index (κ2) is 4.94. The molecule has 20 heavy (non-hydrogen) atoms. The van der Waals surface area contributed by atoms with Crippen molar-refractivity contribution in [3.63, 3.8) is 0 Å². The van der Waals surface area contributed by atoms with Crippen molar-refractivity contribution in [2.24, 2.45) is 16.7 Å². The predicted molar refractivity (Wildman–Crippen MR) is 75.1 cm³/mol. The molecule has 4 heteroatoms. The minimum absolute atomic E-state index is 0.0507. The number of hydrogen-bond donors (Lipinski definition) is 2. The molecule has 0 unspecified atom stereocenters. The molecule has 4 atom stereocenters. The van der Waals surface area contributed by atoms with Gasteiger partial charge in [-0.3, -0.25) is 0 Å². The van der Waals surface area contributed by atoms with Crippen molar-refractivity contribution in [2.75, 3.05) is 19.8 Å². The molecule has 0 aromatic carbocycles. The maximum absolute atomic E-state index is 10.6. The average molecular weight is 284 g/mol. The Labute approximate surface area is 121 Å². The van der Waals surface area contributed by atoms with Gasteiger partial charge in [-0.25, -0.2) is 0 Å². The van der Waals surface area contributed by atoms with E-state index in [1.807, 2.05) is 0 Å². The summed E-state index contributed by atoms with van der Waals surface area (Å²) in [5.74, 6) is -0.106. The van der Waals surface area contributed by atoms with Crippen LogP contribution in [0.2, 0.25) is 0 Å². The Balaban J connectivity index is 1.98. The van der Waals surface area contributed by atoms with E-state index in [1.165, 1.54) is 0 Å². The largest absolute Gasteiger partial charge is 0.396 e. The van der Waals surface area contributed by atoms with Gasteiger partial charge in [0.15, 0.2) is 5.79 Å². The Morgan fingerprint density at radius 3 is 2.45 bits per heavy atom. The Bertz CT molecular complexity index is 365. The summed E-state index contributed by atoms with van der Waals surface area (Å²) < 4.78 is 12.2. The summed E-state index contributed by atoms with van der Waals surface area (Å²) in [5.41, 5.74) is -0.282. The minimum atomic E-state index is -0.452. The van der Waals surface area contributed by atoms with Crippen LogP contribution in [0.15, 0.2) is 0 Å². The van der Waals surface area contributed by atoms with Gasteiger partial charge in [0.2, 0.25) is 0 Å². The Hall–Kier alpha value is -0.160. The summed E-state index contributed by atoms with van der Waals surface area (Å²) >= 11 is 0. The van der Waals surface area contributed by atoms with Crippen LogP contribution >= 0.6 is 0 Å². The molecule has 3 rings (SSSR count). The molecule has 4 nitrogen and oxygen atoms in total. The van der Waals surface area contributed by atoms with Gasteiger partial charge in [-0.1, -0.05) is 13.8 Å². The van der Waals surface area contributed by atoms with Gasteiger partial charge < -0.3 is 19.7 Å². The summed E-state index contributed by atoms with van der Waals surface area (Å²) in [4.78, 5) is 0. The topological polar surface area (TPSA) is 58.9 Å². The molecule has 0 amide bonds. The molecule has 0 radical (unpaired) electrons. The smallest absolute Gasteiger partial charge is 0.174 e. The molecular formula is C16H28O4. The van der Waals surface area contributed by atoms with Crippen molar-refractivity contribution in [3.05, 3.63) is 0 Å². The van der Waals surface area contributed by atoms with E-state index in [4.69, 9.17) is 9.47 Å². The number of aliphatic hydroxyl groups is 2. The molecule has 2 saturated carbocycles. The molecule has 3 fully saturated rings. The van der Waals surface area contributed by atoms with Gasteiger partial charge in [-0.15, -0.1) is 0 Å². The zero-order valence-electron chi connectivity index (χ0n) is 12.7. The molecule has 116 valence electrons. The fourth-order valence-electron chi connectivity index (χ4n) is 5.34. The third kappa shape index (κ3) is 1.81. The lowest BCUT2D eigenvalue weighted by Gasteiger charge is -2.62. The molecule has 0 aromatic heterocycles. The number of rotatable bonds is 2. The monoisotopic (exact) mass is 284 g/mol. The second-order valence-electron chi connectivity index (χ2n) is 7.35. The zero-order valence-corrected chi connectivity index (χ0v) is 12.7. The third-order valence-electron chi connectivity index (χ3n) is 6.54. The molecule has 1 saturated heterocycles. The van der Waals surface area contributed by atoms with E-state index >= 15 is 0 Å². The van der Waals surface area contributed by atoms with E-state index in [1.54, 1.807) is 0 Å². The van der Waals surface area contributed by atoms with Crippen LogP contribution < -0.4 is 0 Å². The van der Waals surface area contributed by atoms with Crippen molar-refractivity contribution in [1.29, 1.82) is 0 Å². The van der Waals surface area contributed by atoms with Crippen LogP contribution in [0.3, 0.4) is 0 Å². The standard InChI is InChI=1S/C16H28O4/c1-14(8-9-17)12-4-3-6-16(19-10-11-20-16)15(12,2)7-5-13(14)18/h12-13,17-18H,3-11H2,1-2H3/t12-,13-,14-,15-/m1/s1. The lowest BCUT2D eigenvalue weighted by Crippen LogP contribution is -2.63. The highest BCUT2D eigenvalue weighted by Crippen LogP contribution is 2.64. The summed E-state index contributed by atoms with van der Waals surface area (Å²) in [6, 6.07) is 0. The van der Waals surface area contributed by atoms with Crippen LogP contribution in [0.4, 0.5) is 0 Å². The third-order valence-corrected chi connectivity index (χ3v) is 6.54. The average Bonchev–Trinajstić information content (AvgIpc) is 2.88. The van der Waals surface area contributed by atoms with E-state index in [-0.39, 0.29) is 23.5 Å². The van der Waals surface area contributed by atoms with Crippen LogP contribution in [0.25, 0.3) is 0 Å². The van der Waals surface area contributed by atoms with Crippen LogP contribution in [-0.2, 0) is 9.47 Å². The van der Waals surface area contributed by atoms with E-state index < -0.39 is 5.79 Å². The summed E-state index contributed by atoms with van der Waals surface area (Å²) in [6.07, 6.45) is 5.18. The summed E-state index contributed by atoms with van der Waals surface area (Å²) in [5, 5.41) is 20.0. The van der Waals surface area contributed by atoms with E-state index in [0.717, 1.165) is 32.1 Å². The number of ether oxygens (including phenoxy) is 2. The fraction of sp³-hybridized carbons (Fsp3) is 1.00. The highest BCUT2D eigenvalue weighted by Gasteiger charge is 2.65. The molecule has 1 spiro atoms. The molecule has 0 aromatic rings. The van der Waals surface area contributed by atoms with Crippen molar-refractivity contribution in [2.45, 2.75) is 64.3 Å². The molecule has 0 bridgehead atoms. The van der Waals surface area contributed by atoms with E-state index in [9.17, 15) is 10.2 Å². The molecule has 1 aliphatic heterocycles. The lowest BCUT2D eigenvalue weighted by molar-refractivity contribution is -0.303. The predicted octanol–water partition coefficient (Wildman–Crippen LogP) is 2.08. The van der Waals surface area contributed by atoms with Crippen molar-refractivity contribution >= 4 is 0 Å². The van der Waals surface area contributed by atoms with Gasteiger partial charge in [0.05, 0.1) is 19.3 Å². The minimum Gasteiger partial charge on any atom is -0.396 e. The first kappa shape index (κ1) is 14.8. The van der Waals surface area contributed by atoms with Crippen LogP contribution in [0, 0.1) is 16.7 Å². The fourth-order valence-corrected chi connectivity index (χ4v) is 5.34. The first-order chi connectivity index (χ1) is 9.48. The highest BCUT2D eigenvalue weighted by molar-refractivity contribution is 5.10. The van der Waals surface area contributed by atoms with Gasteiger partial charge in [0.25, 0.3) is 0 Å². The highest BCUT2D eigenvalue weighted by atomic mass is 16.7. The van der Waals surface area contributed by atoms with Gasteiger partial charge in [-0.2, -0.15) is 0 Å². The van der Waals surface area contributed by atoms with E-state index in [2.05, 4.69) is 13.8 Å². The first-order valence-electron chi connectivity index (χ1n) is 8.05. The Morgan fingerprint density at radius 1 is 1.10 bits per heavy atom. The number of hydrogen-bond acceptors (Lipinski definition) is 4. The Kier molecular flexibility index (Phi) is 3.65. The normalized spacial score (nSPS) is 47.4. The molecule has 2 N–H and O–H groups in total. The van der Waals surface area contributed by atoms with Gasteiger partial charge in [0.1, 0.15) is 0 Å². The molecular weight excluding hydrogens is 256 g/mol. The van der Waals surface area contributed by atoms with Crippen molar-refractivity contribution in [1.82, 2.24) is 0 Å². The summed E-state index contributed by atoms with van der Waals surface area (Å²) in [7, 11) is 0. The second-order valence-corrected chi connectivity index (χ2v) is 7.35. The number of fused-ring (bicyclic) bond motifs is 2. The maximum Gasteiger partial charge on any atom is 0.174 e. The van der Waals surface area contributed by atoms with Crippen LogP contribution in [0.5, 0.6) is 0 Å². The van der Waals surface area contributed by atoms with Crippen molar-refractivity contribution in [3.8, 4) is 0 Å². The molecule has 1 heterocycles. The quantitative estimate of drug-likeness (QED) is 0.815. The Morgan fingerprint density at radius 2 is 1.80 bits per heavy atom. The van der Waals surface area contributed by atoms with Crippen molar-refractivity contribution < 1.29 is 19.7 Å². The van der Waals surface area contributed by atoms with Gasteiger partial charge >= 0.3 is 0 Å². The van der Waals surface area contributed by atoms with Crippen LogP contribution in [-0.4, -0.2) is 41.9 Å². The maximum atomic E-state index is 10.6. The zero-order chi connectivity index (χ0) is 14.4. The van der Waals surface area contributed by atoms with Crippen LogP contribution in [0.1, 0.15) is 52.4 Å². The molecule has 3 aliphatic rings. The first-order valence-corrected chi connectivity index (χ1v) is 8.05. The summed E-state index contributed by atoms with van der Waals surface area (Å²) in [6.45, 7) is 5.92. The number of aliphatic hydroxyl groups excluding tert-OH is 2. The van der Waals surface area contributed by atoms with Gasteiger partial charge in [-0.05, 0) is 43.4 Å². The van der Waals surface area contributed by atoms with E-state index in [0.29, 0.717) is 25.6 Å². The SMILES string of the molecule is C[C@]1(CCO)[C@H](O)CC[C@]2(C)[C@@H]1CCCC21OCCO1.